The van der Waals surface area contributed by atoms with Crippen molar-refractivity contribution in [3.8, 4) is 22.7 Å². The van der Waals surface area contributed by atoms with E-state index in [-0.39, 0.29) is 29.5 Å². The summed E-state index contributed by atoms with van der Waals surface area (Å²) >= 11 is 0. The zero-order chi connectivity index (χ0) is 25.9. The molecule has 4 aromatic rings. The molecule has 1 aliphatic carbocycles. The molecule has 1 fully saturated rings. The zero-order valence-corrected chi connectivity index (χ0v) is 20.5. The van der Waals surface area contributed by atoms with Crippen molar-refractivity contribution in [2.45, 2.75) is 44.8 Å². The van der Waals surface area contributed by atoms with E-state index in [4.69, 9.17) is 10.5 Å². The molecule has 12 nitrogen and oxygen atoms in total. The van der Waals surface area contributed by atoms with Crippen LogP contribution < -0.4 is 15.8 Å². The molecule has 12 heteroatoms. The largest absolute Gasteiger partial charge is 0.474 e. The van der Waals surface area contributed by atoms with Gasteiger partial charge in [-0.25, -0.2) is 9.67 Å². The number of primary amides is 1. The molecule has 3 heterocycles. The van der Waals surface area contributed by atoms with Crippen LogP contribution in [-0.2, 0) is 7.05 Å². The van der Waals surface area contributed by atoms with Gasteiger partial charge in [-0.2, -0.15) is 5.10 Å². The van der Waals surface area contributed by atoms with E-state index in [0.29, 0.717) is 24.1 Å². The molecular weight excluding hydrogens is 474 g/mol. The number of rotatable bonds is 7. The first kappa shape index (κ1) is 24.1. The van der Waals surface area contributed by atoms with E-state index >= 15 is 0 Å². The third kappa shape index (κ3) is 5.32. The van der Waals surface area contributed by atoms with Crippen molar-refractivity contribution >= 4 is 11.8 Å². The fraction of sp³-hybridized carbons (Fsp3) is 0.320. The molecule has 5 rings (SSSR count). The Balaban J connectivity index is 1.29. The number of benzene rings is 1. The summed E-state index contributed by atoms with van der Waals surface area (Å²) in [7, 11) is 1.86. The van der Waals surface area contributed by atoms with Gasteiger partial charge in [-0.15, -0.1) is 5.10 Å². The molecule has 3 N–H and O–H groups in total. The molecule has 0 atom stereocenters. The van der Waals surface area contributed by atoms with Gasteiger partial charge in [-0.05, 0) is 78.9 Å². The minimum atomic E-state index is -0.575. The molecule has 190 valence electrons. The van der Waals surface area contributed by atoms with E-state index in [1.165, 1.54) is 11.0 Å². The maximum absolute atomic E-state index is 13.3. The van der Waals surface area contributed by atoms with Crippen molar-refractivity contribution in [2.24, 2.45) is 12.8 Å². The molecule has 1 aromatic carbocycles. The van der Waals surface area contributed by atoms with Crippen molar-refractivity contribution in [1.82, 2.24) is 40.3 Å². The molecular formula is C25H27N9O3. The van der Waals surface area contributed by atoms with Gasteiger partial charge in [0, 0.05) is 36.6 Å². The van der Waals surface area contributed by atoms with Gasteiger partial charge in [-0.1, -0.05) is 0 Å². The lowest BCUT2D eigenvalue weighted by atomic mass is 9.92. The van der Waals surface area contributed by atoms with Crippen LogP contribution in [0.2, 0.25) is 0 Å². The highest BCUT2D eigenvalue weighted by Crippen LogP contribution is 2.28. The average Bonchev–Trinajstić information content (AvgIpc) is 3.55. The van der Waals surface area contributed by atoms with Crippen molar-refractivity contribution < 1.29 is 14.3 Å². The number of nitrogens with one attached hydrogen (secondary N) is 1. The summed E-state index contributed by atoms with van der Waals surface area (Å²) in [5.74, 6) is -0.503. The van der Waals surface area contributed by atoms with Gasteiger partial charge in [0.1, 0.15) is 18.0 Å². The Labute approximate surface area is 212 Å². The highest BCUT2D eigenvalue weighted by atomic mass is 16.5. The minimum absolute atomic E-state index is 0.00744. The molecule has 0 radical (unpaired) electrons. The van der Waals surface area contributed by atoms with Gasteiger partial charge in [0.05, 0.1) is 11.4 Å². The first-order valence-corrected chi connectivity index (χ1v) is 12.0. The summed E-state index contributed by atoms with van der Waals surface area (Å²) in [6.45, 7) is 1.93. The second-order valence-corrected chi connectivity index (χ2v) is 9.11. The number of tetrazole rings is 1. The number of amides is 2. The highest BCUT2D eigenvalue weighted by molar-refractivity contribution is 5.96. The normalized spacial score (nSPS) is 17.4. The number of carbonyl (C=O) groups excluding carboxylic acids is 2. The highest BCUT2D eigenvalue weighted by Gasteiger charge is 2.26. The molecule has 0 bridgehead atoms. The third-order valence-electron chi connectivity index (χ3n) is 6.44. The number of pyridine rings is 1. The SMILES string of the molecule is Cc1nn(C)cc1-c1cc(C(=O)N[C@H]2CC[C@H](Oc3ncccc3C(N)=O)CC2)cc(-n2cnnn2)c1. The standard InChI is InChI=1S/C25H27N9O3/c1-15-22(13-33(2)30-15)16-10-17(12-19(11-16)34-14-28-31-32-34)24(36)29-18-5-7-20(8-6-18)37-25-21(23(26)35)4-3-9-27-25/h3-4,9-14,18,20H,5-8H2,1-2H3,(H2,26,35)(H,29,36)/t18-,20-. The summed E-state index contributed by atoms with van der Waals surface area (Å²) in [5, 5.41) is 19.0. The lowest BCUT2D eigenvalue weighted by Crippen LogP contribution is -2.40. The van der Waals surface area contributed by atoms with Gasteiger partial charge in [0.2, 0.25) is 5.88 Å². The lowest BCUT2D eigenvalue weighted by molar-refractivity contribution is 0.0881. The lowest BCUT2D eigenvalue weighted by Gasteiger charge is -2.29. The van der Waals surface area contributed by atoms with Crippen LogP contribution in [0.15, 0.2) is 49.1 Å². The molecule has 0 aliphatic heterocycles. The average molecular weight is 502 g/mol. The van der Waals surface area contributed by atoms with Gasteiger partial charge in [-0.3, -0.25) is 14.3 Å². The first-order chi connectivity index (χ1) is 17.9. The van der Waals surface area contributed by atoms with E-state index in [1.54, 1.807) is 29.1 Å². The number of hydrogen-bond donors (Lipinski definition) is 2. The van der Waals surface area contributed by atoms with Gasteiger partial charge >= 0.3 is 0 Å². The predicted molar refractivity (Wildman–Crippen MR) is 133 cm³/mol. The topological polar surface area (TPSA) is 156 Å². The number of carbonyl (C=O) groups is 2. The molecule has 2 amide bonds. The first-order valence-electron chi connectivity index (χ1n) is 12.0. The minimum Gasteiger partial charge on any atom is -0.474 e. The van der Waals surface area contributed by atoms with Crippen molar-refractivity contribution in [3.05, 3.63) is 65.9 Å². The number of nitrogens with zero attached hydrogens (tertiary/aromatic N) is 7. The van der Waals surface area contributed by atoms with E-state index in [0.717, 1.165) is 29.7 Å². The number of aromatic nitrogens is 7. The summed E-state index contributed by atoms with van der Waals surface area (Å²) < 4.78 is 9.23. The van der Waals surface area contributed by atoms with Gasteiger partial charge < -0.3 is 15.8 Å². The number of aryl methyl sites for hydroxylation is 2. The zero-order valence-electron chi connectivity index (χ0n) is 20.5. The van der Waals surface area contributed by atoms with Crippen LogP contribution in [0.4, 0.5) is 0 Å². The summed E-state index contributed by atoms with van der Waals surface area (Å²) in [6, 6.07) is 8.79. The van der Waals surface area contributed by atoms with Crippen LogP contribution >= 0.6 is 0 Å². The van der Waals surface area contributed by atoms with Crippen LogP contribution in [-0.4, -0.2) is 58.9 Å². The van der Waals surface area contributed by atoms with E-state index < -0.39 is 5.91 Å². The molecule has 1 aliphatic rings. The van der Waals surface area contributed by atoms with Crippen LogP contribution in [0.3, 0.4) is 0 Å². The van der Waals surface area contributed by atoms with Crippen LogP contribution in [0.25, 0.3) is 16.8 Å². The quantitative estimate of drug-likeness (QED) is 0.389. The Morgan fingerprint density at radius 3 is 2.65 bits per heavy atom. The molecule has 0 saturated heterocycles. The number of nitrogens with two attached hydrogens (primary N) is 1. The molecule has 0 spiro atoms. The molecule has 37 heavy (non-hydrogen) atoms. The fourth-order valence-electron chi connectivity index (χ4n) is 4.62. The van der Waals surface area contributed by atoms with E-state index in [9.17, 15) is 9.59 Å². The second-order valence-electron chi connectivity index (χ2n) is 9.11. The van der Waals surface area contributed by atoms with Gasteiger partial charge in [0.15, 0.2) is 0 Å². The monoisotopic (exact) mass is 501 g/mol. The number of hydrogen-bond acceptors (Lipinski definition) is 8. The molecule has 1 saturated carbocycles. The number of ether oxygens (including phenoxy) is 1. The summed E-state index contributed by atoms with van der Waals surface area (Å²) in [6.07, 6.45) is 7.76. The smallest absolute Gasteiger partial charge is 0.254 e. The Morgan fingerprint density at radius 1 is 1.16 bits per heavy atom. The maximum atomic E-state index is 13.3. The van der Waals surface area contributed by atoms with Crippen molar-refractivity contribution in [3.63, 3.8) is 0 Å². The van der Waals surface area contributed by atoms with E-state index in [1.807, 2.05) is 32.3 Å². The second kappa shape index (κ2) is 10.2. The summed E-state index contributed by atoms with van der Waals surface area (Å²) in [4.78, 5) is 29.1. The van der Waals surface area contributed by atoms with Crippen LogP contribution in [0.5, 0.6) is 5.88 Å². The van der Waals surface area contributed by atoms with Crippen molar-refractivity contribution in [2.75, 3.05) is 0 Å². The Hall–Kier alpha value is -4.61. The Bertz CT molecular complexity index is 1420. The maximum Gasteiger partial charge on any atom is 0.254 e. The Morgan fingerprint density at radius 2 is 1.97 bits per heavy atom. The summed E-state index contributed by atoms with van der Waals surface area (Å²) in [5.41, 5.74) is 9.50. The molecule has 3 aromatic heterocycles. The molecule has 0 unspecified atom stereocenters. The van der Waals surface area contributed by atoms with Gasteiger partial charge in [0.25, 0.3) is 11.8 Å². The van der Waals surface area contributed by atoms with E-state index in [2.05, 4.69) is 30.9 Å². The van der Waals surface area contributed by atoms with Crippen molar-refractivity contribution in [1.29, 1.82) is 0 Å². The predicted octanol–water partition coefficient (Wildman–Crippen LogP) is 1.99. The Kier molecular flexibility index (Phi) is 6.62. The fourth-order valence-corrected chi connectivity index (χ4v) is 4.62. The third-order valence-corrected chi connectivity index (χ3v) is 6.44. The van der Waals surface area contributed by atoms with Crippen LogP contribution in [0, 0.1) is 6.92 Å². The van der Waals surface area contributed by atoms with Crippen LogP contribution in [0.1, 0.15) is 52.1 Å².